The van der Waals surface area contributed by atoms with Crippen LogP contribution in [-0.2, 0) is 13.6 Å². The van der Waals surface area contributed by atoms with Crippen LogP contribution in [0.1, 0.15) is 28.2 Å². The number of hydrogen-bond acceptors (Lipinski definition) is 5. The lowest BCUT2D eigenvalue weighted by Crippen LogP contribution is -2.10. The normalized spacial score (nSPS) is 10.7. The molecule has 0 spiro atoms. The van der Waals surface area contributed by atoms with E-state index in [2.05, 4.69) is 51.7 Å². The third-order valence-electron chi connectivity index (χ3n) is 4.11. The third kappa shape index (κ3) is 2.61. The molecule has 0 radical (unpaired) electrons. The molecule has 0 saturated heterocycles. The third-order valence-corrected chi connectivity index (χ3v) is 4.11. The van der Waals surface area contributed by atoms with Crippen molar-refractivity contribution in [1.82, 2.24) is 19.7 Å². The van der Waals surface area contributed by atoms with Gasteiger partial charge in [0.25, 0.3) is 0 Å². The Morgan fingerprint density at radius 3 is 2.74 bits per heavy atom. The molecule has 3 rings (SSSR count). The molecular formula is C17H18N6. The van der Waals surface area contributed by atoms with E-state index in [1.54, 1.807) is 0 Å². The molecule has 2 heterocycles. The largest absolute Gasteiger partial charge is 0.360 e. The molecule has 6 nitrogen and oxygen atoms in total. The molecule has 2 aromatic heterocycles. The second-order valence-corrected chi connectivity index (χ2v) is 5.68. The number of anilines is 1. The molecule has 0 aliphatic carbocycles. The second-order valence-electron chi connectivity index (χ2n) is 5.68. The summed E-state index contributed by atoms with van der Waals surface area (Å²) in [7, 11) is 1.99. The van der Waals surface area contributed by atoms with Gasteiger partial charge in [0.15, 0.2) is 5.82 Å². The van der Waals surface area contributed by atoms with E-state index in [9.17, 15) is 5.26 Å². The van der Waals surface area contributed by atoms with E-state index in [1.165, 1.54) is 5.56 Å². The average Bonchev–Trinajstić information content (AvgIpc) is 2.84. The van der Waals surface area contributed by atoms with Crippen molar-refractivity contribution in [2.45, 2.75) is 27.3 Å². The Kier molecular flexibility index (Phi) is 3.70. The van der Waals surface area contributed by atoms with Gasteiger partial charge in [0.05, 0.1) is 23.3 Å². The van der Waals surface area contributed by atoms with Crippen LogP contribution in [0.15, 0.2) is 18.2 Å². The van der Waals surface area contributed by atoms with Gasteiger partial charge in [-0.05, 0) is 44.0 Å². The van der Waals surface area contributed by atoms with E-state index in [0.29, 0.717) is 17.9 Å². The highest BCUT2D eigenvalue weighted by molar-refractivity contribution is 5.76. The summed E-state index contributed by atoms with van der Waals surface area (Å²) in [4.78, 5) is 4.65. The van der Waals surface area contributed by atoms with E-state index >= 15 is 0 Å². The first kappa shape index (κ1) is 15.0. The fourth-order valence-corrected chi connectivity index (χ4v) is 2.55. The summed E-state index contributed by atoms with van der Waals surface area (Å²) in [5, 5.41) is 20.7. The smallest absolute Gasteiger partial charge is 0.167 e. The SMILES string of the molecule is Cc1ccc2c(c1)nc(CNc1nnc(C)c(C)c1C#N)n2C. The van der Waals surface area contributed by atoms with Crippen LogP contribution in [0, 0.1) is 32.1 Å². The first-order valence-electron chi connectivity index (χ1n) is 7.41. The van der Waals surface area contributed by atoms with Crippen LogP contribution >= 0.6 is 0 Å². The van der Waals surface area contributed by atoms with Gasteiger partial charge in [0.2, 0.25) is 0 Å². The number of rotatable bonds is 3. The maximum absolute atomic E-state index is 9.34. The van der Waals surface area contributed by atoms with Gasteiger partial charge in [0.1, 0.15) is 17.5 Å². The maximum atomic E-state index is 9.34. The van der Waals surface area contributed by atoms with E-state index in [-0.39, 0.29) is 0 Å². The predicted octanol–water partition coefficient (Wildman–Crippen LogP) is 2.77. The van der Waals surface area contributed by atoms with Gasteiger partial charge < -0.3 is 9.88 Å². The zero-order valence-electron chi connectivity index (χ0n) is 13.7. The molecule has 0 aliphatic heterocycles. The van der Waals surface area contributed by atoms with E-state index in [1.807, 2.05) is 25.5 Å². The summed E-state index contributed by atoms with van der Waals surface area (Å²) in [5.41, 5.74) is 5.39. The summed E-state index contributed by atoms with van der Waals surface area (Å²) in [6.07, 6.45) is 0. The number of nitrogens with zero attached hydrogens (tertiary/aromatic N) is 5. The molecule has 23 heavy (non-hydrogen) atoms. The minimum absolute atomic E-state index is 0.482. The predicted molar refractivity (Wildman–Crippen MR) is 89.0 cm³/mol. The van der Waals surface area contributed by atoms with Crippen LogP contribution in [0.2, 0.25) is 0 Å². The Hall–Kier alpha value is -2.94. The van der Waals surface area contributed by atoms with Gasteiger partial charge in [-0.1, -0.05) is 6.07 Å². The Morgan fingerprint density at radius 2 is 2.00 bits per heavy atom. The zero-order chi connectivity index (χ0) is 16.6. The number of aromatic nitrogens is 4. The topological polar surface area (TPSA) is 79.4 Å². The van der Waals surface area contributed by atoms with Crippen molar-refractivity contribution in [3.05, 3.63) is 46.4 Å². The lowest BCUT2D eigenvalue weighted by Gasteiger charge is -2.09. The molecular weight excluding hydrogens is 288 g/mol. The summed E-state index contributed by atoms with van der Waals surface area (Å²) in [6.45, 7) is 6.26. The van der Waals surface area contributed by atoms with Gasteiger partial charge in [-0.15, -0.1) is 5.10 Å². The Labute approximate surface area is 134 Å². The van der Waals surface area contributed by atoms with Crippen LogP contribution in [-0.4, -0.2) is 19.7 Å². The summed E-state index contributed by atoms with van der Waals surface area (Å²) >= 11 is 0. The monoisotopic (exact) mass is 306 g/mol. The molecule has 6 heteroatoms. The molecule has 0 saturated carbocycles. The number of benzene rings is 1. The van der Waals surface area contributed by atoms with Gasteiger partial charge in [-0.25, -0.2) is 4.98 Å². The number of aryl methyl sites for hydroxylation is 3. The van der Waals surface area contributed by atoms with E-state index in [0.717, 1.165) is 28.1 Å². The van der Waals surface area contributed by atoms with Crippen LogP contribution in [0.3, 0.4) is 0 Å². The molecule has 0 aliphatic rings. The van der Waals surface area contributed by atoms with Crippen LogP contribution in [0.25, 0.3) is 11.0 Å². The van der Waals surface area contributed by atoms with E-state index < -0.39 is 0 Å². The fourth-order valence-electron chi connectivity index (χ4n) is 2.55. The second kappa shape index (κ2) is 5.69. The highest BCUT2D eigenvalue weighted by Crippen LogP contribution is 2.20. The summed E-state index contributed by atoms with van der Waals surface area (Å²) in [5.74, 6) is 1.38. The lowest BCUT2D eigenvalue weighted by atomic mass is 10.1. The Morgan fingerprint density at radius 1 is 1.22 bits per heavy atom. The fraction of sp³-hybridized carbons (Fsp3) is 0.294. The molecule has 3 aromatic rings. The van der Waals surface area contributed by atoms with Gasteiger partial charge in [-0.3, -0.25) is 0 Å². The first-order chi connectivity index (χ1) is 11.0. The van der Waals surface area contributed by atoms with Crippen LogP contribution in [0.4, 0.5) is 5.82 Å². The van der Waals surface area contributed by atoms with Crippen LogP contribution in [0.5, 0.6) is 0 Å². The Bertz CT molecular complexity index is 932. The molecule has 0 bridgehead atoms. The van der Waals surface area contributed by atoms with Crippen molar-refractivity contribution in [1.29, 1.82) is 5.26 Å². The minimum atomic E-state index is 0.482. The zero-order valence-corrected chi connectivity index (χ0v) is 13.7. The molecule has 0 unspecified atom stereocenters. The quantitative estimate of drug-likeness (QED) is 0.805. The molecule has 1 aromatic carbocycles. The number of nitrogens with one attached hydrogen (secondary N) is 1. The maximum Gasteiger partial charge on any atom is 0.167 e. The van der Waals surface area contributed by atoms with Crippen molar-refractivity contribution in [3.8, 4) is 6.07 Å². The van der Waals surface area contributed by atoms with Crippen molar-refractivity contribution in [2.24, 2.45) is 7.05 Å². The molecule has 1 N–H and O–H groups in total. The number of hydrogen-bond donors (Lipinski definition) is 1. The highest BCUT2D eigenvalue weighted by Gasteiger charge is 2.12. The van der Waals surface area contributed by atoms with Gasteiger partial charge >= 0.3 is 0 Å². The van der Waals surface area contributed by atoms with Crippen molar-refractivity contribution in [2.75, 3.05) is 5.32 Å². The number of nitriles is 1. The molecule has 0 fully saturated rings. The molecule has 0 atom stereocenters. The first-order valence-corrected chi connectivity index (χ1v) is 7.41. The van der Waals surface area contributed by atoms with Gasteiger partial charge in [0, 0.05) is 7.05 Å². The van der Waals surface area contributed by atoms with Crippen molar-refractivity contribution in [3.63, 3.8) is 0 Å². The van der Waals surface area contributed by atoms with Crippen molar-refractivity contribution < 1.29 is 0 Å². The molecule has 0 amide bonds. The number of imidazole rings is 1. The van der Waals surface area contributed by atoms with E-state index in [4.69, 9.17) is 0 Å². The molecule has 116 valence electrons. The standard InChI is InChI=1S/C17H18N6/c1-10-5-6-15-14(7-10)20-16(23(15)4)9-19-17-13(8-18)11(2)12(3)21-22-17/h5-7H,9H2,1-4H3,(H,19,22). The number of fused-ring (bicyclic) bond motifs is 1. The van der Waals surface area contributed by atoms with Crippen molar-refractivity contribution >= 4 is 16.9 Å². The summed E-state index contributed by atoms with van der Waals surface area (Å²) in [6, 6.07) is 8.40. The summed E-state index contributed by atoms with van der Waals surface area (Å²) < 4.78 is 2.04. The highest BCUT2D eigenvalue weighted by atomic mass is 15.2. The van der Waals surface area contributed by atoms with Gasteiger partial charge in [-0.2, -0.15) is 10.4 Å². The Balaban J connectivity index is 1.91. The van der Waals surface area contributed by atoms with Crippen LogP contribution < -0.4 is 5.32 Å². The minimum Gasteiger partial charge on any atom is -0.360 e. The average molecular weight is 306 g/mol. The lowest BCUT2D eigenvalue weighted by molar-refractivity contribution is 0.826.